The van der Waals surface area contributed by atoms with Gasteiger partial charge >= 0.3 is 0 Å². The maximum absolute atomic E-state index is 6.01. The van der Waals surface area contributed by atoms with Gasteiger partial charge in [0.25, 0.3) is 0 Å². The third kappa shape index (κ3) is 1.95. The molecule has 70 valence electrons. The molecule has 1 aliphatic heterocycles. The molecule has 2 heterocycles. The summed E-state index contributed by atoms with van der Waals surface area (Å²) in [5.41, 5.74) is 6.01. The van der Waals surface area contributed by atoms with Crippen molar-refractivity contribution in [1.29, 1.82) is 0 Å². The Morgan fingerprint density at radius 3 is 3.00 bits per heavy atom. The number of rotatable bonds is 2. The van der Waals surface area contributed by atoms with E-state index < -0.39 is 0 Å². The maximum atomic E-state index is 6.01. The topological polar surface area (TPSA) is 35.2 Å². The summed E-state index contributed by atoms with van der Waals surface area (Å²) in [6.45, 7) is 0.773. The Hall–Kier alpha value is -0.320. The van der Waals surface area contributed by atoms with Gasteiger partial charge in [-0.2, -0.15) is 0 Å². The summed E-state index contributed by atoms with van der Waals surface area (Å²) in [5.74, 6) is 0.911. The second-order valence-corrected chi connectivity index (χ2v) is 4.75. The Labute approximate surface area is 89.5 Å². The van der Waals surface area contributed by atoms with Gasteiger partial charge in [-0.1, -0.05) is 0 Å². The molecule has 0 fully saturated rings. The molecular weight excluding hydrogens is 250 g/mol. The molecule has 1 unspecified atom stereocenters. The number of ether oxygens (including phenoxy) is 1. The van der Waals surface area contributed by atoms with Crippen molar-refractivity contribution in [3.05, 3.63) is 32.6 Å². The summed E-state index contributed by atoms with van der Waals surface area (Å²) >= 11 is 5.06. The molecule has 2 rings (SSSR count). The highest BCUT2D eigenvalue weighted by molar-refractivity contribution is 9.10. The Morgan fingerprint density at radius 1 is 1.62 bits per heavy atom. The van der Waals surface area contributed by atoms with E-state index in [0.29, 0.717) is 0 Å². The van der Waals surface area contributed by atoms with E-state index in [2.05, 4.69) is 22.0 Å². The lowest BCUT2D eigenvalue weighted by atomic mass is 10.2. The van der Waals surface area contributed by atoms with Crippen LogP contribution in [0.1, 0.15) is 17.3 Å². The maximum Gasteiger partial charge on any atom is 0.114 e. The molecule has 13 heavy (non-hydrogen) atoms. The van der Waals surface area contributed by atoms with Gasteiger partial charge in [0.1, 0.15) is 5.76 Å². The zero-order chi connectivity index (χ0) is 9.26. The lowest BCUT2D eigenvalue weighted by Crippen LogP contribution is -2.11. The smallest absolute Gasteiger partial charge is 0.114 e. The van der Waals surface area contributed by atoms with Gasteiger partial charge < -0.3 is 10.5 Å². The third-order valence-electron chi connectivity index (χ3n) is 1.93. The lowest BCUT2D eigenvalue weighted by molar-refractivity contribution is 0.226. The van der Waals surface area contributed by atoms with Crippen molar-refractivity contribution >= 4 is 27.3 Å². The van der Waals surface area contributed by atoms with Crippen LogP contribution in [0.2, 0.25) is 0 Å². The first-order chi connectivity index (χ1) is 6.27. The summed E-state index contributed by atoms with van der Waals surface area (Å²) in [6.07, 6.45) is 3.05. The average Bonchev–Trinajstić information content (AvgIpc) is 2.72. The van der Waals surface area contributed by atoms with Crippen molar-refractivity contribution in [1.82, 2.24) is 0 Å². The van der Waals surface area contributed by atoms with E-state index >= 15 is 0 Å². The van der Waals surface area contributed by atoms with Gasteiger partial charge in [-0.05, 0) is 28.1 Å². The standard InChI is InChI=1S/C9H10BrNOS/c10-6-4-8(13-5-6)9(11)7-2-1-3-12-7/h2,4-5,9H,1,3,11H2. The average molecular weight is 260 g/mol. The Bertz CT molecular complexity index is 334. The minimum atomic E-state index is -0.0844. The van der Waals surface area contributed by atoms with Gasteiger partial charge in [0.15, 0.2) is 0 Å². The zero-order valence-corrected chi connectivity index (χ0v) is 9.40. The Morgan fingerprint density at radius 2 is 2.46 bits per heavy atom. The molecule has 0 bridgehead atoms. The first kappa shape index (κ1) is 9.24. The lowest BCUT2D eigenvalue weighted by Gasteiger charge is -2.10. The van der Waals surface area contributed by atoms with Crippen LogP contribution >= 0.6 is 27.3 Å². The van der Waals surface area contributed by atoms with Gasteiger partial charge in [-0.3, -0.25) is 0 Å². The van der Waals surface area contributed by atoms with Crippen LogP contribution in [0.15, 0.2) is 27.8 Å². The highest BCUT2D eigenvalue weighted by Gasteiger charge is 2.17. The van der Waals surface area contributed by atoms with Crippen LogP contribution in [0, 0.1) is 0 Å². The molecule has 0 aliphatic carbocycles. The fraction of sp³-hybridized carbons (Fsp3) is 0.333. The van der Waals surface area contributed by atoms with Gasteiger partial charge in [0.05, 0.1) is 12.6 Å². The summed E-state index contributed by atoms with van der Waals surface area (Å²) < 4.78 is 6.49. The molecule has 2 nitrogen and oxygen atoms in total. The molecule has 1 atom stereocenters. The fourth-order valence-electron chi connectivity index (χ4n) is 1.29. The quantitative estimate of drug-likeness (QED) is 0.887. The molecule has 0 saturated carbocycles. The van der Waals surface area contributed by atoms with Gasteiger partial charge in [0, 0.05) is 21.2 Å². The molecule has 2 N–H and O–H groups in total. The van der Waals surface area contributed by atoms with Crippen molar-refractivity contribution in [2.24, 2.45) is 5.73 Å². The first-order valence-corrected chi connectivity index (χ1v) is 5.77. The van der Waals surface area contributed by atoms with E-state index in [-0.39, 0.29) is 6.04 Å². The largest absolute Gasteiger partial charge is 0.496 e. The number of hydrogen-bond acceptors (Lipinski definition) is 3. The van der Waals surface area contributed by atoms with Crippen LogP contribution < -0.4 is 5.73 Å². The molecule has 0 aromatic carbocycles. The van der Waals surface area contributed by atoms with Crippen molar-refractivity contribution < 1.29 is 4.74 Å². The molecule has 0 amide bonds. The summed E-state index contributed by atoms with van der Waals surface area (Å²) in [6, 6.07) is 1.96. The Balaban J connectivity index is 2.16. The SMILES string of the molecule is NC(C1=CCCO1)c1cc(Br)cs1. The molecule has 1 aromatic heterocycles. The highest BCUT2D eigenvalue weighted by Crippen LogP contribution is 2.30. The zero-order valence-electron chi connectivity index (χ0n) is 7.00. The molecule has 0 radical (unpaired) electrons. The van der Waals surface area contributed by atoms with Gasteiger partial charge in [0.2, 0.25) is 0 Å². The van der Waals surface area contributed by atoms with Crippen LogP contribution in [0.4, 0.5) is 0 Å². The summed E-state index contributed by atoms with van der Waals surface area (Å²) in [5, 5.41) is 2.03. The normalized spacial score (nSPS) is 18.2. The molecule has 1 aliphatic rings. The van der Waals surface area contributed by atoms with Crippen LogP contribution in [0.25, 0.3) is 0 Å². The van der Waals surface area contributed by atoms with Gasteiger partial charge in [-0.15, -0.1) is 11.3 Å². The minimum Gasteiger partial charge on any atom is -0.496 e. The number of halogens is 1. The fourth-order valence-corrected chi connectivity index (χ4v) is 2.74. The van der Waals surface area contributed by atoms with Crippen LogP contribution in [0.3, 0.4) is 0 Å². The van der Waals surface area contributed by atoms with Crippen molar-refractivity contribution in [2.75, 3.05) is 6.61 Å². The number of nitrogens with two attached hydrogens (primary N) is 1. The second-order valence-electron chi connectivity index (χ2n) is 2.89. The predicted molar refractivity (Wildman–Crippen MR) is 57.6 cm³/mol. The molecule has 4 heteroatoms. The summed E-state index contributed by atoms with van der Waals surface area (Å²) in [7, 11) is 0. The van der Waals surface area contributed by atoms with E-state index in [1.54, 1.807) is 11.3 Å². The van der Waals surface area contributed by atoms with Crippen molar-refractivity contribution in [3.63, 3.8) is 0 Å². The second kappa shape index (κ2) is 3.82. The van der Waals surface area contributed by atoms with E-state index in [4.69, 9.17) is 10.5 Å². The Kier molecular flexibility index (Phi) is 2.71. The number of thiophene rings is 1. The van der Waals surface area contributed by atoms with E-state index in [1.165, 1.54) is 0 Å². The van der Waals surface area contributed by atoms with Crippen molar-refractivity contribution in [3.8, 4) is 0 Å². The van der Waals surface area contributed by atoms with E-state index in [0.717, 1.165) is 28.1 Å². The predicted octanol–water partition coefficient (Wildman–Crippen LogP) is 2.81. The van der Waals surface area contributed by atoms with Crippen molar-refractivity contribution in [2.45, 2.75) is 12.5 Å². The van der Waals surface area contributed by atoms with Crippen LogP contribution in [0.5, 0.6) is 0 Å². The van der Waals surface area contributed by atoms with Crippen LogP contribution in [-0.2, 0) is 4.74 Å². The number of hydrogen-bond donors (Lipinski definition) is 1. The third-order valence-corrected chi connectivity index (χ3v) is 3.71. The monoisotopic (exact) mass is 259 g/mol. The molecule has 0 spiro atoms. The summed E-state index contributed by atoms with van der Waals surface area (Å²) in [4.78, 5) is 1.14. The van der Waals surface area contributed by atoms with Crippen LogP contribution in [-0.4, -0.2) is 6.61 Å². The minimum absolute atomic E-state index is 0.0844. The molecule has 1 aromatic rings. The first-order valence-electron chi connectivity index (χ1n) is 4.10. The van der Waals surface area contributed by atoms with Gasteiger partial charge in [-0.25, -0.2) is 0 Å². The highest BCUT2D eigenvalue weighted by atomic mass is 79.9. The molecule has 0 saturated heterocycles. The van der Waals surface area contributed by atoms with E-state index in [1.807, 2.05) is 11.4 Å². The van der Waals surface area contributed by atoms with E-state index in [9.17, 15) is 0 Å². The molecular formula is C9H10BrNOS.